The normalized spacial score (nSPS) is 18.1. The summed E-state index contributed by atoms with van der Waals surface area (Å²) >= 11 is 0. The van der Waals surface area contributed by atoms with Crippen LogP contribution in [0.15, 0.2) is 12.1 Å². The maximum Gasteiger partial charge on any atom is 0.435 e. The van der Waals surface area contributed by atoms with Crippen LogP contribution in [0.5, 0.6) is 0 Å². The molecule has 1 aromatic heterocycles. The Bertz CT molecular complexity index is 357. The van der Waals surface area contributed by atoms with E-state index in [0.29, 0.717) is 5.82 Å². The van der Waals surface area contributed by atoms with Gasteiger partial charge >= 0.3 is 6.18 Å². The highest BCUT2D eigenvalue weighted by Gasteiger charge is 2.32. The van der Waals surface area contributed by atoms with Crippen LogP contribution in [-0.4, -0.2) is 28.3 Å². The standard InChI is InChI=1S/C10H13F3N4/c11-10(12,13)8-4-5-9(15-14-8)16-17-6-2-1-3-7-17/h4-5H,1-3,6-7H2,(H,15,16). The molecule has 0 radical (unpaired) electrons. The van der Waals surface area contributed by atoms with Gasteiger partial charge in [0.2, 0.25) is 0 Å². The van der Waals surface area contributed by atoms with Crippen LogP contribution in [-0.2, 0) is 6.18 Å². The summed E-state index contributed by atoms with van der Waals surface area (Å²) < 4.78 is 36.7. The topological polar surface area (TPSA) is 41.0 Å². The summed E-state index contributed by atoms with van der Waals surface area (Å²) in [6, 6.07) is 2.23. The van der Waals surface area contributed by atoms with Crippen LogP contribution in [0.4, 0.5) is 19.0 Å². The third kappa shape index (κ3) is 3.29. The fourth-order valence-corrected chi connectivity index (χ4v) is 1.71. The Hall–Kier alpha value is -1.37. The summed E-state index contributed by atoms with van der Waals surface area (Å²) in [6.45, 7) is 1.76. The number of anilines is 1. The number of piperidine rings is 1. The van der Waals surface area contributed by atoms with Crippen LogP contribution in [0.3, 0.4) is 0 Å². The highest BCUT2D eigenvalue weighted by atomic mass is 19.4. The summed E-state index contributed by atoms with van der Waals surface area (Å²) in [5.41, 5.74) is 1.98. The molecule has 0 saturated carbocycles. The summed E-state index contributed by atoms with van der Waals surface area (Å²) in [5, 5.41) is 8.61. The fourth-order valence-electron chi connectivity index (χ4n) is 1.71. The van der Waals surface area contributed by atoms with E-state index in [1.165, 1.54) is 12.5 Å². The van der Waals surface area contributed by atoms with Crippen molar-refractivity contribution in [3.63, 3.8) is 0 Å². The molecule has 17 heavy (non-hydrogen) atoms. The first-order valence-corrected chi connectivity index (χ1v) is 5.48. The molecule has 1 aliphatic heterocycles. The minimum atomic E-state index is -4.43. The number of hydrogen-bond acceptors (Lipinski definition) is 4. The molecule has 0 aliphatic carbocycles. The van der Waals surface area contributed by atoms with Crippen LogP contribution < -0.4 is 5.43 Å². The fraction of sp³-hybridized carbons (Fsp3) is 0.600. The van der Waals surface area contributed by atoms with E-state index in [9.17, 15) is 13.2 Å². The van der Waals surface area contributed by atoms with Gasteiger partial charge in [0, 0.05) is 13.1 Å². The van der Waals surface area contributed by atoms with Crippen LogP contribution >= 0.6 is 0 Å². The second kappa shape index (κ2) is 4.87. The van der Waals surface area contributed by atoms with E-state index < -0.39 is 11.9 Å². The second-order valence-corrected chi connectivity index (χ2v) is 3.96. The number of aromatic nitrogens is 2. The molecule has 0 aromatic carbocycles. The van der Waals surface area contributed by atoms with Gasteiger partial charge in [0.05, 0.1) is 0 Å². The largest absolute Gasteiger partial charge is 0.435 e. The van der Waals surface area contributed by atoms with E-state index in [1.807, 2.05) is 5.01 Å². The molecular weight excluding hydrogens is 233 g/mol. The Morgan fingerprint density at radius 3 is 2.29 bits per heavy atom. The molecule has 0 bridgehead atoms. The summed E-state index contributed by atoms with van der Waals surface area (Å²) in [5.74, 6) is 0.347. The maximum absolute atomic E-state index is 12.2. The van der Waals surface area contributed by atoms with Gasteiger partial charge in [0.25, 0.3) is 0 Å². The molecule has 1 aliphatic rings. The van der Waals surface area contributed by atoms with Gasteiger partial charge in [0.1, 0.15) is 0 Å². The number of nitrogens with zero attached hydrogens (tertiary/aromatic N) is 3. The highest BCUT2D eigenvalue weighted by molar-refractivity contribution is 5.32. The lowest BCUT2D eigenvalue weighted by Crippen LogP contribution is -2.35. The van der Waals surface area contributed by atoms with Crippen molar-refractivity contribution >= 4 is 5.82 Å². The molecule has 0 unspecified atom stereocenters. The predicted octanol–water partition coefficient (Wildman–Crippen LogP) is 2.31. The number of hydrogen-bond donors (Lipinski definition) is 1. The first-order chi connectivity index (χ1) is 8.05. The van der Waals surface area contributed by atoms with Crippen molar-refractivity contribution < 1.29 is 13.2 Å². The molecule has 2 heterocycles. The van der Waals surface area contributed by atoms with Crippen LogP contribution in [0.2, 0.25) is 0 Å². The summed E-state index contributed by atoms with van der Waals surface area (Å²) in [4.78, 5) is 0. The Balaban J connectivity index is 1.98. The molecule has 1 aromatic rings. The first-order valence-electron chi connectivity index (χ1n) is 5.48. The van der Waals surface area contributed by atoms with Gasteiger partial charge in [0.15, 0.2) is 11.5 Å². The lowest BCUT2D eigenvalue weighted by molar-refractivity contribution is -0.141. The first kappa shape index (κ1) is 12.1. The monoisotopic (exact) mass is 246 g/mol. The third-order valence-electron chi connectivity index (χ3n) is 2.58. The molecule has 94 valence electrons. The Labute approximate surface area is 96.8 Å². The van der Waals surface area contributed by atoms with Crippen molar-refractivity contribution in [2.45, 2.75) is 25.4 Å². The van der Waals surface area contributed by atoms with Crippen LogP contribution in [0, 0.1) is 0 Å². The molecule has 0 spiro atoms. The van der Waals surface area contributed by atoms with E-state index in [2.05, 4.69) is 15.6 Å². The average Bonchev–Trinajstić information content (AvgIpc) is 2.30. The van der Waals surface area contributed by atoms with Crippen molar-refractivity contribution in [2.75, 3.05) is 18.5 Å². The number of hydrazine groups is 1. The molecule has 7 heteroatoms. The molecular formula is C10H13F3N4. The zero-order chi connectivity index (χ0) is 12.3. The Morgan fingerprint density at radius 1 is 1.06 bits per heavy atom. The van der Waals surface area contributed by atoms with Crippen LogP contribution in [0.1, 0.15) is 25.0 Å². The number of nitrogens with one attached hydrogen (secondary N) is 1. The third-order valence-corrected chi connectivity index (χ3v) is 2.58. The maximum atomic E-state index is 12.2. The quantitative estimate of drug-likeness (QED) is 0.869. The molecule has 1 fully saturated rings. The van der Waals surface area contributed by atoms with Gasteiger partial charge in [-0.1, -0.05) is 6.42 Å². The van der Waals surface area contributed by atoms with Crippen LogP contribution in [0.25, 0.3) is 0 Å². The summed E-state index contributed by atoms with van der Waals surface area (Å²) in [6.07, 6.45) is -1.07. The van der Waals surface area contributed by atoms with E-state index in [1.54, 1.807) is 0 Å². The lowest BCUT2D eigenvalue weighted by atomic mass is 10.2. The van der Waals surface area contributed by atoms with Gasteiger partial charge in [-0.05, 0) is 25.0 Å². The molecule has 0 atom stereocenters. The van der Waals surface area contributed by atoms with Gasteiger partial charge in [-0.15, -0.1) is 10.2 Å². The molecule has 1 N–H and O–H groups in total. The van der Waals surface area contributed by atoms with Gasteiger partial charge in [-0.2, -0.15) is 13.2 Å². The minimum absolute atomic E-state index is 0.347. The molecule has 4 nitrogen and oxygen atoms in total. The van der Waals surface area contributed by atoms with Crippen molar-refractivity contribution in [2.24, 2.45) is 0 Å². The van der Waals surface area contributed by atoms with Crippen molar-refractivity contribution in [1.29, 1.82) is 0 Å². The van der Waals surface area contributed by atoms with Crippen molar-refractivity contribution in [1.82, 2.24) is 15.2 Å². The number of rotatable bonds is 2. The number of alkyl halides is 3. The average molecular weight is 246 g/mol. The number of halogens is 3. The minimum Gasteiger partial charge on any atom is -0.302 e. The second-order valence-electron chi connectivity index (χ2n) is 3.96. The molecule has 0 amide bonds. The highest BCUT2D eigenvalue weighted by Crippen LogP contribution is 2.27. The lowest BCUT2D eigenvalue weighted by Gasteiger charge is -2.27. The summed E-state index contributed by atoms with van der Waals surface area (Å²) in [7, 11) is 0. The van der Waals surface area contributed by atoms with Gasteiger partial charge in [-0.25, -0.2) is 5.01 Å². The van der Waals surface area contributed by atoms with Crippen molar-refractivity contribution in [3.05, 3.63) is 17.8 Å². The Morgan fingerprint density at radius 2 is 1.76 bits per heavy atom. The van der Waals surface area contributed by atoms with E-state index in [-0.39, 0.29) is 0 Å². The zero-order valence-corrected chi connectivity index (χ0v) is 9.17. The Kier molecular flexibility index (Phi) is 3.46. The van der Waals surface area contributed by atoms with Gasteiger partial charge < -0.3 is 5.43 Å². The SMILES string of the molecule is FC(F)(F)c1ccc(NN2CCCCC2)nn1. The smallest absolute Gasteiger partial charge is 0.302 e. The molecule has 2 rings (SSSR count). The van der Waals surface area contributed by atoms with Gasteiger partial charge in [-0.3, -0.25) is 0 Å². The van der Waals surface area contributed by atoms with E-state index >= 15 is 0 Å². The molecule has 1 saturated heterocycles. The van der Waals surface area contributed by atoms with E-state index in [0.717, 1.165) is 32.0 Å². The van der Waals surface area contributed by atoms with E-state index in [4.69, 9.17) is 0 Å². The van der Waals surface area contributed by atoms with Crippen molar-refractivity contribution in [3.8, 4) is 0 Å². The zero-order valence-electron chi connectivity index (χ0n) is 9.17. The predicted molar refractivity (Wildman–Crippen MR) is 56.1 cm³/mol.